The summed E-state index contributed by atoms with van der Waals surface area (Å²) in [4.78, 5) is 17.7. The van der Waals surface area contributed by atoms with Crippen molar-refractivity contribution in [3.8, 4) is 5.75 Å². The quantitative estimate of drug-likeness (QED) is 0.544. The molecular formula is C16H15N3O2S2. The van der Waals surface area contributed by atoms with Crippen LogP contribution in [-0.4, -0.2) is 24.3 Å². The zero-order chi connectivity index (χ0) is 16.2. The van der Waals surface area contributed by atoms with Crippen LogP contribution in [0.25, 0.3) is 10.2 Å². The molecule has 0 atom stereocenters. The number of aromatic nitrogens is 1. The second kappa shape index (κ2) is 6.89. The molecule has 0 bridgehead atoms. The third-order valence-corrected chi connectivity index (χ3v) is 4.92. The lowest BCUT2D eigenvalue weighted by molar-refractivity contribution is 0.0962. The maximum atomic E-state index is 12.1. The van der Waals surface area contributed by atoms with Gasteiger partial charge < -0.3 is 4.74 Å². The van der Waals surface area contributed by atoms with Crippen LogP contribution in [0.4, 0.5) is 5.13 Å². The Morgan fingerprint density at radius 3 is 2.70 bits per heavy atom. The van der Waals surface area contributed by atoms with Crippen molar-refractivity contribution in [2.45, 2.75) is 4.90 Å². The molecule has 1 heterocycles. The van der Waals surface area contributed by atoms with E-state index in [9.17, 15) is 4.79 Å². The molecule has 3 aromatic rings. The van der Waals surface area contributed by atoms with Crippen LogP contribution in [0, 0.1) is 0 Å². The number of fused-ring (bicyclic) bond motifs is 1. The summed E-state index contributed by atoms with van der Waals surface area (Å²) < 4.78 is 6.28. The van der Waals surface area contributed by atoms with Gasteiger partial charge in [0.05, 0.1) is 11.8 Å². The molecule has 7 heteroatoms. The number of carbonyl (C=O) groups is 1. The molecule has 0 unspecified atom stereocenters. The van der Waals surface area contributed by atoms with Crippen LogP contribution in [0.2, 0.25) is 0 Å². The number of anilines is 1. The van der Waals surface area contributed by atoms with Gasteiger partial charge in [-0.1, -0.05) is 17.4 Å². The van der Waals surface area contributed by atoms with Crippen molar-refractivity contribution < 1.29 is 9.53 Å². The van der Waals surface area contributed by atoms with Crippen LogP contribution in [0.5, 0.6) is 5.75 Å². The number of para-hydroxylation sites is 1. The van der Waals surface area contributed by atoms with Gasteiger partial charge >= 0.3 is 0 Å². The van der Waals surface area contributed by atoms with Crippen LogP contribution in [0.15, 0.2) is 47.4 Å². The summed E-state index contributed by atoms with van der Waals surface area (Å²) in [5, 5.41) is 0.610. The molecule has 0 saturated heterocycles. The minimum atomic E-state index is -0.205. The summed E-state index contributed by atoms with van der Waals surface area (Å²) in [5.41, 5.74) is 6.89. The molecule has 1 amide bonds. The Morgan fingerprint density at radius 2 is 2.00 bits per heavy atom. The summed E-state index contributed by atoms with van der Waals surface area (Å²) in [5.74, 6) is 0.509. The highest BCUT2D eigenvalue weighted by Gasteiger charge is 2.10. The van der Waals surface area contributed by atoms with Crippen LogP contribution >= 0.6 is 23.1 Å². The minimum absolute atomic E-state index is 0.205. The molecule has 0 spiro atoms. The molecule has 118 valence electrons. The van der Waals surface area contributed by atoms with Gasteiger partial charge in [0.1, 0.15) is 11.3 Å². The molecule has 2 N–H and O–H groups in total. The van der Waals surface area contributed by atoms with E-state index < -0.39 is 0 Å². The van der Waals surface area contributed by atoms with E-state index in [0.717, 1.165) is 15.1 Å². The van der Waals surface area contributed by atoms with Gasteiger partial charge in [-0.15, -0.1) is 11.8 Å². The lowest BCUT2D eigenvalue weighted by Crippen LogP contribution is -2.29. The maximum Gasteiger partial charge on any atom is 0.269 e. The van der Waals surface area contributed by atoms with E-state index in [0.29, 0.717) is 16.4 Å². The van der Waals surface area contributed by atoms with E-state index in [1.54, 1.807) is 31.0 Å². The first-order valence-corrected chi connectivity index (χ1v) is 8.89. The lowest BCUT2D eigenvalue weighted by Gasteiger charge is -2.05. The second-order valence-corrected chi connectivity index (χ2v) is 6.54. The van der Waals surface area contributed by atoms with E-state index >= 15 is 0 Å². The van der Waals surface area contributed by atoms with E-state index in [4.69, 9.17) is 4.74 Å². The topological polar surface area (TPSA) is 63.2 Å². The molecule has 3 rings (SSSR count). The van der Waals surface area contributed by atoms with Crippen LogP contribution in [-0.2, 0) is 0 Å². The Hall–Kier alpha value is -2.25. The summed E-state index contributed by atoms with van der Waals surface area (Å²) in [7, 11) is 1.61. The van der Waals surface area contributed by atoms with Crippen molar-refractivity contribution in [2.75, 3.05) is 18.8 Å². The fourth-order valence-electron chi connectivity index (χ4n) is 2.07. The first-order valence-electron chi connectivity index (χ1n) is 6.85. The largest absolute Gasteiger partial charge is 0.494 e. The molecule has 0 aliphatic heterocycles. The molecule has 0 aliphatic rings. The highest BCUT2D eigenvalue weighted by Crippen LogP contribution is 2.31. The van der Waals surface area contributed by atoms with Crippen molar-refractivity contribution in [3.63, 3.8) is 0 Å². The number of nitrogens with zero attached hydrogens (tertiary/aromatic N) is 1. The van der Waals surface area contributed by atoms with E-state index in [-0.39, 0.29) is 5.91 Å². The summed E-state index contributed by atoms with van der Waals surface area (Å²) in [6.45, 7) is 0. The minimum Gasteiger partial charge on any atom is -0.494 e. The van der Waals surface area contributed by atoms with E-state index in [1.165, 1.54) is 11.3 Å². The maximum absolute atomic E-state index is 12.1. The third kappa shape index (κ3) is 3.40. The lowest BCUT2D eigenvalue weighted by atomic mass is 10.2. The normalized spacial score (nSPS) is 10.5. The third-order valence-electron chi connectivity index (χ3n) is 3.24. The first kappa shape index (κ1) is 15.6. The van der Waals surface area contributed by atoms with E-state index in [2.05, 4.69) is 15.8 Å². The van der Waals surface area contributed by atoms with Gasteiger partial charge in [-0.05, 0) is 42.7 Å². The Morgan fingerprint density at radius 1 is 1.22 bits per heavy atom. The second-order valence-electron chi connectivity index (χ2n) is 4.63. The number of rotatable bonds is 5. The standard InChI is InChI=1S/C16H15N3O2S2/c1-21-12-4-3-5-13-14(12)17-16(23-13)19-18-15(20)10-6-8-11(22-2)9-7-10/h3-9H,1-2H3,(H,17,19)(H,18,20). The number of ether oxygens (including phenoxy) is 1. The van der Waals surface area contributed by atoms with E-state index in [1.807, 2.05) is 36.6 Å². The summed E-state index contributed by atoms with van der Waals surface area (Å²) in [6, 6.07) is 13.2. The number of methoxy groups -OCH3 is 1. The molecule has 1 aromatic heterocycles. The highest BCUT2D eigenvalue weighted by molar-refractivity contribution is 7.98. The summed E-state index contributed by atoms with van der Waals surface area (Å²) in [6.07, 6.45) is 2.00. The zero-order valence-electron chi connectivity index (χ0n) is 12.6. The summed E-state index contributed by atoms with van der Waals surface area (Å²) >= 11 is 3.09. The predicted molar refractivity (Wildman–Crippen MR) is 95.5 cm³/mol. The van der Waals surface area contributed by atoms with Gasteiger partial charge in [0, 0.05) is 10.5 Å². The average molecular weight is 345 g/mol. The number of benzene rings is 2. The van der Waals surface area contributed by atoms with Crippen molar-refractivity contribution in [3.05, 3.63) is 48.0 Å². The van der Waals surface area contributed by atoms with Gasteiger partial charge in [0.15, 0.2) is 0 Å². The number of hydrazine groups is 1. The van der Waals surface area contributed by atoms with Crippen LogP contribution in [0.1, 0.15) is 10.4 Å². The van der Waals surface area contributed by atoms with Gasteiger partial charge in [-0.2, -0.15) is 0 Å². The molecule has 5 nitrogen and oxygen atoms in total. The number of carbonyl (C=O) groups excluding carboxylic acids is 1. The molecule has 0 radical (unpaired) electrons. The van der Waals surface area contributed by atoms with Gasteiger partial charge in [0.2, 0.25) is 5.13 Å². The fourth-order valence-corrected chi connectivity index (χ4v) is 3.31. The molecule has 0 aliphatic carbocycles. The average Bonchev–Trinajstić information content (AvgIpc) is 3.02. The number of nitrogens with one attached hydrogen (secondary N) is 2. The number of hydrogen-bond donors (Lipinski definition) is 2. The molecule has 23 heavy (non-hydrogen) atoms. The Kier molecular flexibility index (Phi) is 4.68. The van der Waals surface area contributed by atoms with Crippen molar-refractivity contribution >= 4 is 44.4 Å². The number of thioether (sulfide) groups is 1. The van der Waals surface area contributed by atoms with Crippen molar-refractivity contribution in [2.24, 2.45) is 0 Å². The van der Waals surface area contributed by atoms with Crippen LogP contribution in [0.3, 0.4) is 0 Å². The van der Waals surface area contributed by atoms with Gasteiger partial charge in [0.25, 0.3) is 5.91 Å². The number of hydrogen-bond acceptors (Lipinski definition) is 6. The monoisotopic (exact) mass is 345 g/mol. The smallest absolute Gasteiger partial charge is 0.269 e. The molecule has 2 aromatic carbocycles. The molecule has 0 fully saturated rings. The predicted octanol–water partition coefficient (Wildman–Crippen LogP) is 3.78. The van der Waals surface area contributed by atoms with Crippen LogP contribution < -0.4 is 15.6 Å². The first-order chi connectivity index (χ1) is 11.2. The highest BCUT2D eigenvalue weighted by atomic mass is 32.2. The van der Waals surface area contributed by atoms with Crippen molar-refractivity contribution in [1.29, 1.82) is 0 Å². The number of amides is 1. The SMILES string of the molecule is COc1cccc2sc(NNC(=O)c3ccc(SC)cc3)nc12. The Bertz CT molecular complexity index is 831. The fraction of sp³-hybridized carbons (Fsp3) is 0.125. The van der Waals surface area contributed by atoms with Crippen molar-refractivity contribution in [1.82, 2.24) is 10.4 Å². The number of thiazole rings is 1. The van der Waals surface area contributed by atoms with Gasteiger partial charge in [-0.25, -0.2) is 4.98 Å². The zero-order valence-corrected chi connectivity index (χ0v) is 14.3. The molecular weight excluding hydrogens is 330 g/mol. The Labute approximate surface area is 142 Å². The molecule has 0 saturated carbocycles. The van der Waals surface area contributed by atoms with Gasteiger partial charge in [-0.3, -0.25) is 15.6 Å². The Balaban J connectivity index is 1.71.